The molecule has 86 valence electrons. The summed E-state index contributed by atoms with van der Waals surface area (Å²) in [6.45, 7) is 3.55. The second-order valence-corrected chi connectivity index (χ2v) is 3.39. The highest BCUT2D eigenvalue weighted by atomic mass is 16.5. The Labute approximate surface area is 90.0 Å². The lowest BCUT2D eigenvalue weighted by atomic mass is 9.94. The number of esters is 1. The molecule has 4 heteroatoms. The van der Waals surface area contributed by atoms with Crippen molar-refractivity contribution in [2.75, 3.05) is 7.11 Å². The highest BCUT2D eigenvalue weighted by molar-refractivity contribution is 6.02. The number of methoxy groups -OCH3 is 1. The number of ketones is 2. The number of rotatable bonds is 7. The normalized spacial score (nSPS) is 11.9. The van der Waals surface area contributed by atoms with Gasteiger partial charge in [0.2, 0.25) is 0 Å². The molecule has 15 heavy (non-hydrogen) atoms. The summed E-state index contributed by atoms with van der Waals surface area (Å²) in [4.78, 5) is 34.0. The van der Waals surface area contributed by atoms with Crippen molar-refractivity contribution in [3.63, 3.8) is 0 Å². The third-order valence-electron chi connectivity index (χ3n) is 2.18. The van der Waals surface area contributed by atoms with E-state index < -0.39 is 11.9 Å². The molecule has 0 heterocycles. The molecule has 0 aromatic carbocycles. The van der Waals surface area contributed by atoms with Crippen LogP contribution < -0.4 is 0 Å². The van der Waals surface area contributed by atoms with Crippen molar-refractivity contribution in [1.82, 2.24) is 0 Å². The highest BCUT2D eigenvalue weighted by Crippen LogP contribution is 2.12. The zero-order valence-corrected chi connectivity index (χ0v) is 9.54. The van der Waals surface area contributed by atoms with Gasteiger partial charge in [-0.1, -0.05) is 13.8 Å². The highest BCUT2D eigenvalue weighted by Gasteiger charge is 2.28. The SMILES string of the molecule is CCCC(=O)CC(C(=O)CC)C(=O)OC. The van der Waals surface area contributed by atoms with Crippen molar-refractivity contribution in [3.05, 3.63) is 0 Å². The minimum atomic E-state index is -0.904. The van der Waals surface area contributed by atoms with Gasteiger partial charge in [0.1, 0.15) is 17.5 Å². The summed E-state index contributed by atoms with van der Waals surface area (Å²) in [7, 11) is 1.22. The molecule has 0 aliphatic heterocycles. The van der Waals surface area contributed by atoms with Crippen LogP contribution in [0.2, 0.25) is 0 Å². The van der Waals surface area contributed by atoms with Crippen LogP contribution in [0.4, 0.5) is 0 Å². The van der Waals surface area contributed by atoms with Crippen molar-refractivity contribution in [2.24, 2.45) is 5.92 Å². The molecule has 0 rings (SSSR count). The Bertz CT molecular complexity index is 229. The molecule has 0 aliphatic rings. The zero-order chi connectivity index (χ0) is 11.8. The maximum Gasteiger partial charge on any atom is 0.316 e. The number of hydrogen-bond donors (Lipinski definition) is 0. The molecular weight excluding hydrogens is 196 g/mol. The summed E-state index contributed by atoms with van der Waals surface area (Å²) < 4.78 is 4.50. The van der Waals surface area contributed by atoms with Gasteiger partial charge in [-0.2, -0.15) is 0 Å². The molecule has 4 nitrogen and oxygen atoms in total. The third-order valence-corrected chi connectivity index (χ3v) is 2.18. The first-order valence-electron chi connectivity index (χ1n) is 5.19. The van der Waals surface area contributed by atoms with E-state index in [1.165, 1.54) is 7.11 Å². The van der Waals surface area contributed by atoms with Crippen molar-refractivity contribution in [2.45, 2.75) is 39.5 Å². The molecule has 0 radical (unpaired) electrons. The molecule has 0 spiro atoms. The van der Waals surface area contributed by atoms with Crippen molar-refractivity contribution in [3.8, 4) is 0 Å². The monoisotopic (exact) mass is 214 g/mol. The van der Waals surface area contributed by atoms with Gasteiger partial charge in [-0.15, -0.1) is 0 Å². The second-order valence-electron chi connectivity index (χ2n) is 3.39. The number of carbonyl (C=O) groups excluding carboxylic acids is 3. The Morgan fingerprint density at radius 3 is 2.20 bits per heavy atom. The fourth-order valence-corrected chi connectivity index (χ4v) is 1.33. The number of carbonyl (C=O) groups is 3. The van der Waals surface area contributed by atoms with E-state index in [0.717, 1.165) is 6.42 Å². The molecule has 1 unspecified atom stereocenters. The summed E-state index contributed by atoms with van der Waals surface area (Å²) in [5.74, 6) is -1.80. The Balaban J connectivity index is 4.44. The number of Topliss-reactive ketones (excluding diaryl/α,β-unsaturated/α-hetero) is 2. The van der Waals surface area contributed by atoms with E-state index in [1.807, 2.05) is 6.92 Å². The molecule has 1 atom stereocenters. The lowest BCUT2D eigenvalue weighted by Gasteiger charge is -2.11. The van der Waals surface area contributed by atoms with Crippen LogP contribution in [0.1, 0.15) is 39.5 Å². The van der Waals surface area contributed by atoms with E-state index in [0.29, 0.717) is 6.42 Å². The lowest BCUT2D eigenvalue weighted by Crippen LogP contribution is -2.27. The van der Waals surface area contributed by atoms with Gasteiger partial charge in [0.15, 0.2) is 0 Å². The fourth-order valence-electron chi connectivity index (χ4n) is 1.33. The van der Waals surface area contributed by atoms with Gasteiger partial charge in [-0.3, -0.25) is 14.4 Å². The van der Waals surface area contributed by atoms with Gasteiger partial charge in [0.25, 0.3) is 0 Å². The molecule has 0 N–H and O–H groups in total. The van der Waals surface area contributed by atoms with Crippen LogP contribution in [-0.2, 0) is 19.1 Å². The Morgan fingerprint density at radius 1 is 1.20 bits per heavy atom. The summed E-state index contributed by atoms with van der Waals surface area (Å²) in [5.41, 5.74) is 0. The maximum atomic E-state index is 11.4. The van der Waals surface area contributed by atoms with Gasteiger partial charge in [0, 0.05) is 19.3 Å². The molecule has 0 aromatic heterocycles. The summed E-state index contributed by atoms with van der Waals surface area (Å²) in [5, 5.41) is 0. The van der Waals surface area contributed by atoms with Crippen LogP contribution in [0.5, 0.6) is 0 Å². The van der Waals surface area contributed by atoms with Gasteiger partial charge in [-0.25, -0.2) is 0 Å². The van der Waals surface area contributed by atoms with E-state index in [9.17, 15) is 14.4 Å². The van der Waals surface area contributed by atoms with Crippen molar-refractivity contribution < 1.29 is 19.1 Å². The average molecular weight is 214 g/mol. The molecular formula is C11H18O4. The first-order chi connectivity index (χ1) is 7.06. The lowest BCUT2D eigenvalue weighted by molar-refractivity contribution is -0.151. The molecule has 0 fully saturated rings. The predicted octanol–water partition coefficient (Wildman–Crippen LogP) is 1.51. The van der Waals surface area contributed by atoms with E-state index in [-0.39, 0.29) is 24.4 Å². The van der Waals surface area contributed by atoms with E-state index in [2.05, 4.69) is 4.74 Å². The minimum Gasteiger partial charge on any atom is -0.468 e. The van der Waals surface area contributed by atoms with Gasteiger partial charge < -0.3 is 4.74 Å². The number of ether oxygens (including phenoxy) is 1. The fraction of sp³-hybridized carbons (Fsp3) is 0.727. The van der Waals surface area contributed by atoms with Crippen molar-refractivity contribution in [1.29, 1.82) is 0 Å². The van der Waals surface area contributed by atoms with Crippen LogP contribution in [0, 0.1) is 5.92 Å². The van der Waals surface area contributed by atoms with Gasteiger partial charge in [-0.05, 0) is 6.42 Å². The Kier molecular flexibility index (Phi) is 6.58. The van der Waals surface area contributed by atoms with Crippen LogP contribution in [0.25, 0.3) is 0 Å². The Hall–Kier alpha value is -1.19. The van der Waals surface area contributed by atoms with Crippen LogP contribution in [0.3, 0.4) is 0 Å². The second kappa shape index (κ2) is 7.15. The van der Waals surface area contributed by atoms with Gasteiger partial charge in [0.05, 0.1) is 7.11 Å². The third kappa shape index (κ3) is 4.72. The molecule has 0 aliphatic carbocycles. The standard InChI is InChI=1S/C11H18O4/c1-4-6-8(12)7-9(10(13)5-2)11(14)15-3/h9H,4-7H2,1-3H3. The summed E-state index contributed by atoms with van der Waals surface area (Å²) >= 11 is 0. The first-order valence-corrected chi connectivity index (χ1v) is 5.19. The summed E-state index contributed by atoms with van der Waals surface area (Å²) in [6, 6.07) is 0. The molecule has 0 amide bonds. The summed E-state index contributed by atoms with van der Waals surface area (Å²) in [6.07, 6.45) is 1.36. The van der Waals surface area contributed by atoms with Crippen molar-refractivity contribution >= 4 is 17.5 Å². The molecule has 0 saturated heterocycles. The van der Waals surface area contributed by atoms with E-state index in [1.54, 1.807) is 6.92 Å². The minimum absolute atomic E-state index is 0.0206. The predicted molar refractivity (Wildman–Crippen MR) is 55.3 cm³/mol. The zero-order valence-electron chi connectivity index (χ0n) is 9.54. The molecule has 0 aromatic rings. The Morgan fingerprint density at radius 2 is 1.80 bits per heavy atom. The maximum absolute atomic E-state index is 11.4. The first kappa shape index (κ1) is 13.8. The topological polar surface area (TPSA) is 60.4 Å². The largest absolute Gasteiger partial charge is 0.468 e. The molecule has 0 saturated carbocycles. The van der Waals surface area contributed by atoms with Gasteiger partial charge >= 0.3 is 5.97 Å². The molecule has 0 bridgehead atoms. The number of hydrogen-bond acceptors (Lipinski definition) is 4. The average Bonchev–Trinajstić information content (AvgIpc) is 2.24. The van der Waals surface area contributed by atoms with Crippen LogP contribution in [-0.4, -0.2) is 24.6 Å². The van der Waals surface area contributed by atoms with E-state index in [4.69, 9.17) is 0 Å². The quantitative estimate of drug-likeness (QED) is 0.476. The van der Waals surface area contributed by atoms with Crippen LogP contribution >= 0.6 is 0 Å². The smallest absolute Gasteiger partial charge is 0.316 e. The van der Waals surface area contributed by atoms with Crippen LogP contribution in [0.15, 0.2) is 0 Å². The van der Waals surface area contributed by atoms with E-state index >= 15 is 0 Å².